The quantitative estimate of drug-likeness (QED) is 0.806. The number of rotatable bonds is 4. The lowest BCUT2D eigenvalue weighted by Crippen LogP contribution is -2.38. The lowest BCUT2D eigenvalue weighted by molar-refractivity contribution is -0.302. The molecule has 0 spiro atoms. The Morgan fingerprint density at radius 2 is 2.19 bits per heavy atom. The Labute approximate surface area is 89.7 Å². The lowest BCUT2D eigenvalue weighted by atomic mass is 10.1. The SMILES string of the molecule is N#CCc1cccc(OC(O)(F)C(F)F)c1. The van der Waals surface area contributed by atoms with Crippen LogP contribution in [0.15, 0.2) is 24.3 Å². The number of benzene rings is 1. The van der Waals surface area contributed by atoms with Crippen molar-refractivity contribution in [3.63, 3.8) is 0 Å². The first-order chi connectivity index (χ1) is 7.45. The topological polar surface area (TPSA) is 53.2 Å². The van der Waals surface area contributed by atoms with Gasteiger partial charge >= 0.3 is 12.5 Å². The zero-order valence-corrected chi connectivity index (χ0v) is 8.03. The number of alkyl halides is 3. The summed E-state index contributed by atoms with van der Waals surface area (Å²) in [7, 11) is 0. The monoisotopic (exact) mass is 231 g/mol. The molecule has 1 aromatic rings. The van der Waals surface area contributed by atoms with E-state index in [0.29, 0.717) is 5.56 Å². The first-order valence-corrected chi connectivity index (χ1v) is 4.30. The third kappa shape index (κ3) is 3.14. The molecule has 0 bridgehead atoms. The standard InChI is InChI=1S/C10H8F3NO2/c11-9(12)10(13,15)16-8-3-1-2-7(6-8)4-5-14/h1-3,6,9,15H,4H2. The molecule has 1 N–H and O–H groups in total. The van der Waals surface area contributed by atoms with Gasteiger partial charge in [0.15, 0.2) is 0 Å². The minimum absolute atomic E-state index is 0.0383. The van der Waals surface area contributed by atoms with E-state index in [2.05, 4.69) is 4.74 Å². The van der Waals surface area contributed by atoms with Crippen molar-refractivity contribution in [2.75, 3.05) is 0 Å². The molecule has 0 saturated carbocycles. The molecule has 1 unspecified atom stereocenters. The highest BCUT2D eigenvalue weighted by molar-refractivity contribution is 5.30. The summed E-state index contributed by atoms with van der Waals surface area (Å²) >= 11 is 0. The predicted octanol–water partition coefficient (Wildman–Crippen LogP) is 2.01. The molecule has 1 atom stereocenters. The average molecular weight is 231 g/mol. The normalized spacial score (nSPS) is 14.2. The minimum Gasteiger partial charge on any atom is -0.432 e. The second kappa shape index (κ2) is 4.86. The van der Waals surface area contributed by atoms with Gasteiger partial charge in [-0.2, -0.15) is 18.4 Å². The van der Waals surface area contributed by atoms with Crippen LogP contribution in [0.2, 0.25) is 0 Å². The van der Waals surface area contributed by atoms with E-state index in [9.17, 15) is 13.2 Å². The van der Waals surface area contributed by atoms with Crippen LogP contribution in [0.1, 0.15) is 5.56 Å². The molecule has 0 fully saturated rings. The zero-order valence-electron chi connectivity index (χ0n) is 8.03. The fraction of sp³-hybridized carbons (Fsp3) is 0.300. The van der Waals surface area contributed by atoms with Gasteiger partial charge in [-0.15, -0.1) is 0 Å². The fourth-order valence-corrected chi connectivity index (χ4v) is 1.02. The van der Waals surface area contributed by atoms with Crippen LogP contribution in [0.5, 0.6) is 5.75 Å². The molecule has 3 nitrogen and oxygen atoms in total. The predicted molar refractivity (Wildman–Crippen MR) is 48.4 cm³/mol. The van der Waals surface area contributed by atoms with Crippen LogP contribution in [0.3, 0.4) is 0 Å². The molecular weight excluding hydrogens is 223 g/mol. The maximum Gasteiger partial charge on any atom is 0.424 e. The fourth-order valence-electron chi connectivity index (χ4n) is 1.02. The molecule has 86 valence electrons. The summed E-state index contributed by atoms with van der Waals surface area (Å²) in [5.41, 5.74) is 0.477. The van der Waals surface area contributed by atoms with Crippen molar-refractivity contribution in [1.29, 1.82) is 5.26 Å². The maximum absolute atomic E-state index is 12.7. The molecule has 16 heavy (non-hydrogen) atoms. The van der Waals surface area contributed by atoms with E-state index in [1.54, 1.807) is 6.07 Å². The van der Waals surface area contributed by atoms with Crippen molar-refractivity contribution in [2.45, 2.75) is 18.9 Å². The molecule has 0 heterocycles. The summed E-state index contributed by atoms with van der Waals surface area (Å²) in [6, 6.07) is 3.18. The Hall–Kier alpha value is -1.74. The number of aliphatic hydroxyl groups is 1. The number of hydrogen-bond acceptors (Lipinski definition) is 3. The molecule has 0 aliphatic heterocycles. The smallest absolute Gasteiger partial charge is 0.424 e. The van der Waals surface area contributed by atoms with Crippen LogP contribution in [0, 0.1) is 11.3 Å². The van der Waals surface area contributed by atoms with Crippen molar-refractivity contribution in [1.82, 2.24) is 0 Å². The first kappa shape index (κ1) is 12.3. The number of nitriles is 1. The summed E-state index contributed by atoms with van der Waals surface area (Å²) < 4.78 is 40.7. The van der Waals surface area contributed by atoms with E-state index in [0.717, 1.165) is 0 Å². The van der Waals surface area contributed by atoms with Gasteiger partial charge in [0.2, 0.25) is 0 Å². The molecule has 0 aliphatic rings. The highest BCUT2D eigenvalue weighted by atomic mass is 19.3. The van der Waals surface area contributed by atoms with Crippen molar-refractivity contribution < 1.29 is 23.0 Å². The Morgan fingerprint density at radius 1 is 1.50 bits per heavy atom. The Kier molecular flexibility index (Phi) is 3.74. The van der Waals surface area contributed by atoms with Gasteiger partial charge in [-0.1, -0.05) is 12.1 Å². The van der Waals surface area contributed by atoms with Gasteiger partial charge in [-0.3, -0.25) is 0 Å². The van der Waals surface area contributed by atoms with E-state index in [1.807, 2.05) is 6.07 Å². The van der Waals surface area contributed by atoms with Gasteiger partial charge in [0, 0.05) is 0 Å². The van der Waals surface area contributed by atoms with Crippen LogP contribution in [0.4, 0.5) is 13.2 Å². The molecule has 0 saturated heterocycles. The second-order valence-corrected chi connectivity index (χ2v) is 2.99. The van der Waals surface area contributed by atoms with Gasteiger partial charge < -0.3 is 9.84 Å². The second-order valence-electron chi connectivity index (χ2n) is 2.99. The van der Waals surface area contributed by atoms with E-state index < -0.39 is 12.5 Å². The van der Waals surface area contributed by atoms with Crippen LogP contribution < -0.4 is 4.74 Å². The zero-order chi connectivity index (χ0) is 12.2. The summed E-state index contributed by atoms with van der Waals surface area (Å²) in [4.78, 5) is 0. The molecule has 6 heteroatoms. The third-order valence-electron chi connectivity index (χ3n) is 1.71. The molecule has 1 rings (SSSR count). The van der Waals surface area contributed by atoms with Gasteiger partial charge in [0.25, 0.3) is 0 Å². The molecule has 0 radical (unpaired) electrons. The summed E-state index contributed by atoms with van der Waals surface area (Å²) in [5.74, 6) is -0.266. The van der Waals surface area contributed by atoms with Gasteiger partial charge in [0.1, 0.15) is 5.75 Å². The van der Waals surface area contributed by atoms with Crippen molar-refractivity contribution in [2.24, 2.45) is 0 Å². The highest BCUT2D eigenvalue weighted by Crippen LogP contribution is 2.24. The molecule has 0 amide bonds. The van der Waals surface area contributed by atoms with Crippen molar-refractivity contribution in [3.05, 3.63) is 29.8 Å². The Balaban J connectivity index is 2.82. The van der Waals surface area contributed by atoms with Gasteiger partial charge in [0.05, 0.1) is 12.5 Å². The minimum atomic E-state index is -4.02. The summed E-state index contributed by atoms with van der Waals surface area (Å²) in [6.45, 7) is 0. The molecule has 0 aliphatic carbocycles. The van der Waals surface area contributed by atoms with Crippen LogP contribution in [0.25, 0.3) is 0 Å². The average Bonchev–Trinajstić information content (AvgIpc) is 2.17. The maximum atomic E-state index is 12.7. The van der Waals surface area contributed by atoms with Gasteiger partial charge in [-0.25, -0.2) is 0 Å². The number of nitrogens with zero attached hydrogens (tertiary/aromatic N) is 1. The summed E-state index contributed by atoms with van der Waals surface area (Å²) in [6.07, 6.45) is -3.64. The first-order valence-electron chi connectivity index (χ1n) is 4.30. The molecule has 1 aromatic carbocycles. The van der Waals surface area contributed by atoms with Crippen LogP contribution in [-0.4, -0.2) is 17.6 Å². The van der Waals surface area contributed by atoms with Crippen molar-refractivity contribution in [3.8, 4) is 11.8 Å². The van der Waals surface area contributed by atoms with Gasteiger partial charge in [-0.05, 0) is 17.7 Å². The Bertz CT molecular complexity index is 401. The third-order valence-corrected chi connectivity index (χ3v) is 1.71. The largest absolute Gasteiger partial charge is 0.432 e. The number of hydrogen-bond donors (Lipinski definition) is 1. The summed E-state index contributed by atoms with van der Waals surface area (Å²) in [5, 5.41) is 17.0. The van der Waals surface area contributed by atoms with Crippen LogP contribution in [-0.2, 0) is 6.42 Å². The Morgan fingerprint density at radius 3 is 2.75 bits per heavy atom. The molecule has 0 aromatic heterocycles. The van der Waals surface area contributed by atoms with E-state index in [4.69, 9.17) is 10.4 Å². The van der Waals surface area contributed by atoms with E-state index in [-0.39, 0.29) is 12.2 Å². The van der Waals surface area contributed by atoms with E-state index in [1.165, 1.54) is 18.2 Å². The number of ether oxygens (including phenoxy) is 1. The highest BCUT2D eigenvalue weighted by Gasteiger charge is 2.41. The van der Waals surface area contributed by atoms with E-state index >= 15 is 0 Å². The lowest BCUT2D eigenvalue weighted by Gasteiger charge is -2.19. The molecular formula is C10H8F3NO2. The van der Waals surface area contributed by atoms with Crippen LogP contribution >= 0.6 is 0 Å². The number of halogens is 3. The van der Waals surface area contributed by atoms with Crippen molar-refractivity contribution >= 4 is 0 Å².